The highest BCUT2D eigenvalue weighted by Crippen LogP contribution is 2.36. The van der Waals surface area contributed by atoms with E-state index in [1.165, 1.54) is 12.1 Å². The van der Waals surface area contributed by atoms with E-state index in [4.69, 9.17) is 26.1 Å². The van der Waals surface area contributed by atoms with Gasteiger partial charge in [0.2, 0.25) is 0 Å². The molecule has 10 heteroatoms. The van der Waals surface area contributed by atoms with Crippen molar-refractivity contribution >= 4 is 23.4 Å². The quantitative estimate of drug-likeness (QED) is 0.665. The molecule has 0 amide bonds. The first-order valence-corrected chi connectivity index (χ1v) is 10.8. The lowest BCUT2D eigenvalue weighted by molar-refractivity contribution is -0.139. The molecule has 170 valence electrons. The number of hydrogen-bond acceptors (Lipinski definition) is 7. The number of morpholine rings is 1. The predicted molar refractivity (Wildman–Crippen MR) is 118 cm³/mol. The number of nitrogens with zero attached hydrogens (tertiary/aromatic N) is 4. The van der Waals surface area contributed by atoms with Crippen LogP contribution in [0.1, 0.15) is 24.4 Å². The number of ether oxygens (including phenoxy) is 2. The van der Waals surface area contributed by atoms with Crippen molar-refractivity contribution in [2.45, 2.75) is 13.0 Å². The molecule has 0 saturated carbocycles. The number of aryl methyl sites for hydroxylation is 1. The largest absolute Gasteiger partial charge is 0.463 e. The summed E-state index contributed by atoms with van der Waals surface area (Å²) in [6.07, 6.45) is 3.48. The first kappa shape index (κ1) is 22.4. The molecule has 0 bridgehead atoms. The maximum atomic E-state index is 13.8. The van der Waals surface area contributed by atoms with E-state index >= 15 is 0 Å². The highest BCUT2D eigenvalue weighted by atomic mass is 35.5. The van der Waals surface area contributed by atoms with Crippen molar-refractivity contribution < 1.29 is 18.7 Å². The lowest BCUT2D eigenvalue weighted by atomic mass is 9.95. The van der Waals surface area contributed by atoms with Gasteiger partial charge in [-0.1, -0.05) is 17.7 Å². The van der Waals surface area contributed by atoms with E-state index in [1.54, 1.807) is 19.2 Å². The second kappa shape index (κ2) is 9.81. The monoisotopic (exact) mass is 461 g/mol. The maximum absolute atomic E-state index is 13.8. The van der Waals surface area contributed by atoms with Gasteiger partial charge in [-0.15, -0.1) is 0 Å². The molecule has 2 aliphatic rings. The highest BCUT2D eigenvalue weighted by molar-refractivity contribution is 6.31. The van der Waals surface area contributed by atoms with Crippen LogP contribution in [0.4, 0.5) is 4.39 Å². The number of amidine groups is 1. The van der Waals surface area contributed by atoms with E-state index in [9.17, 15) is 9.18 Å². The Morgan fingerprint density at radius 1 is 1.38 bits per heavy atom. The van der Waals surface area contributed by atoms with Crippen LogP contribution in [0.15, 0.2) is 46.9 Å². The zero-order chi connectivity index (χ0) is 22.7. The van der Waals surface area contributed by atoms with Crippen molar-refractivity contribution in [3.63, 3.8) is 0 Å². The number of carbonyl (C=O) groups excluding carboxylic acids is 1. The molecular weight excluding hydrogens is 437 g/mol. The molecule has 1 aromatic carbocycles. The zero-order valence-corrected chi connectivity index (χ0v) is 18.7. The number of esters is 1. The summed E-state index contributed by atoms with van der Waals surface area (Å²) < 4.78 is 26.4. The molecule has 2 aromatic rings. The van der Waals surface area contributed by atoms with Crippen LogP contribution in [0.25, 0.3) is 0 Å². The van der Waals surface area contributed by atoms with Crippen LogP contribution in [0.2, 0.25) is 5.02 Å². The molecule has 3 heterocycles. The molecule has 32 heavy (non-hydrogen) atoms. The van der Waals surface area contributed by atoms with Gasteiger partial charge in [0, 0.05) is 55.4 Å². The van der Waals surface area contributed by atoms with Crippen molar-refractivity contribution in [2.75, 3.05) is 39.5 Å². The third-order valence-corrected chi connectivity index (χ3v) is 5.72. The number of nitrogens with one attached hydrogen (secondary N) is 1. The molecule has 1 fully saturated rings. The van der Waals surface area contributed by atoms with Crippen LogP contribution in [-0.4, -0.2) is 65.7 Å². The van der Waals surface area contributed by atoms with E-state index in [1.807, 2.05) is 17.8 Å². The Kier molecular flexibility index (Phi) is 6.88. The smallest absolute Gasteiger partial charge is 0.338 e. The fourth-order valence-electron chi connectivity index (χ4n) is 3.81. The molecule has 4 rings (SSSR count). The van der Waals surface area contributed by atoms with E-state index in [-0.39, 0.29) is 11.6 Å². The van der Waals surface area contributed by atoms with Gasteiger partial charge in [-0.2, -0.15) is 0 Å². The molecule has 1 saturated heterocycles. The van der Waals surface area contributed by atoms with Gasteiger partial charge >= 0.3 is 5.97 Å². The van der Waals surface area contributed by atoms with Gasteiger partial charge in [0.15, 0.2) is 11.7 Å². The van der Waals surface area contributed by atoms with Crippen LogP contribution in [0, 0.1) is 5.82 Å². The van der Waals surface area contributed by atoms with E-state index in [0.29, 0.717) is 48.3 Å². The van der Waals surface area contributed by atoms with E-state index in [2.05, 4.69) is 15.2 Å². The maximum Gasteiger partial charge on any atom is 0.338 e. The van der Waals surface area contributed by atoms with Gasteiger partial charge in [-0.25, -0.2) is 14.2 Å². The summed E-state index contributed by atoms with van der Waals surface area (Å²) in [7, 11) is 1.86. The van der Waals surface area contributed by atoms with Crippen molar-refractivity contribution in [1.82, 2.24) is 19.8 Å². The van der Waals surface area contributed by atoms with Crippen LogP contribution < -0.4 is 5.32 Å². The number of carbonyl (C=O) groups is 1. The van der Waals surface area contributed by atoms with Gasteiger partial charge in [-0.05, 0) is 19.1 Å². The lowest BCUT2D eigenvalue weighted by Crippen LogP contribution is -2.43. The van der Waals surface area contributed by atoms with Gasteiger partial charge in [0.25, 0.3) is 0 Å². The van der Waals surface area contributed by atoms with Gasteiger partial charge in [-0.3, -0.25) is 9.89 Å². The minimum Gasteiger partial charge on any atom is -0.463 e. The summed E-state index contributed by atoms with van der Waals surface area (Å²) in [5.41, 5.74) is 1.53. The zero-order valence-electron chi connectivity index (χ0n) is 18.0. The number of halogens is 2. The van der Waals surface area contributed by atoms with Crippen molar-refractivity contribution in [3.05, 3.63) is 64.1 Å². The molecule has 1 N–H and O–H groups in total. The second-order valence-electron chi connectivity index (χ2n) is 7.53. The minimum absolute atomic E-state index is 0.187. The summed E-state index contributed by atoms with van der Waals surface area (Å²) in [5.74, 6) is 0.155. The Hall–Kier alpha value is -2.75. The summed E-state index contributed by atoms with van der Waals surface area (Å²) in [6.45, 7) is 5.14. The van der Waals surface area contributed by atoms with Gasteiger partial charge in [0.05, 0.1) is 25.4 Å². The van der Waals surface area contributed by atoms with Crippen LogP contribution in [0.3, 0.4) is 0 Å². The first-order valence-electron chi connectivity index (χ1n) is 10.5. The fraction of sp³-hybridized carbons (Fsp3) is 0.409. The Morgan fingerprint density at radius 3 is 2.81 bits per heavy atom. The second-order valence-corrected chi connectivity index (χ2v) is 7.94. The third kappa shape index (κ3) is 4.69. The predicted octanol–water partition coefficient (Wildman–Crippen LogP) is 2.45. The molecule has 0 radical (unpaired) electrons. The number of hydrogen-bond donors (Lipinski definition) is 1. The SMILES string of the molecule is CCOC(=O)C1=C(CN2CCOCC2)NC(c2nccn2C)=NC1c1ccc(F)cc1Cl. The van der Waals surface area contributed by atoms with Crippen LogP contribution in [0.5, 0.6) is 0 Å². The van der Waals surface area contributed by atoms with E-state index in [0.717, 1.165) is 13.1 Å². The Morgan fingerprint density at radius 2 is 2.16 bits per heavy atom. The molecule has 1 unspecified atom stereocenters. The summed E-state index contributed by atoms with van der Waals surface area (Å²) in [6, 6.07) is 3.31. The normalized spacial score (nSPS) is 19.5. The number of aliphatic imine (C=N–C) groups is 1. The van der Waals surface area contributed by atoms with Crippen LogP contribution >= 0.6 is 11.6 Å². The topological polar surface area (TPSA) is 81.0 Å². The highest BCUT2D eigenvalue weighted by Gasteiger charge is 2.35. The van der Waals surface area contributed by atoms with Crippen LogP contribution in [-0.2, 0) is 21.3 Å². The van der Waals surface area contributed by atoms with Crippen molar-refractivity contribution in [3.8, 4) is 0 Å². The first-order chi connectivity index (χ1) is 15.5. The van der Waals surface area contributed by atoms with Crippen molar-refractivity contribution in [1.29, 1.82) is 0 Å². The average molecular weight is 462 g/mol. The average Bonchev–Trinajstić information content (AvgIpc) is 3.20. The lowest BCUT2D eigenvalue weighted by Gasteiger charge is -2.32. The molecule has 2 aliphatic heterocycles. The number of imidazole rings is 1. The molecule has 1 atom stereocenters. The molecule has 0 spiro atoms. The molecule has 1 aromatic heterocycles. The number of rotatable bonds is 6. The van der Waals surface area contributed by atoms with Gasteiger partial charge in [0.1, 0.15) is 11.9 Å². The Balaban J connectivity index is 1.83. The molecule has 0 aliphatic carbocycles. The van der Waals surface area contributed by atoms with E-state index < -0.39 is 17.8 Å². The molecular formula is C22H25ClFN5O3. The number of aromatic nitrogens is 2. The van der Waals surface area contributed by atoms with Crippen molar-refractivity contribution in [2.24, 2.45) is 12.0 Å². The molecule has 8 nitrogen and oxygen atoms in total. The standard InChI is InChI=1S/C22H25ClFN5O3/c1-3-32-22(30)18-17(13-29-8-10-31-11-9-29)26-20(21-25-6-7-28(21)2)27-19(18)15-5-4-14(24)12-16(15)23/h4-7,12,19H,3,8-11,13H2,1-2H3,(H,26,27). The third-order valence-electron chi connectivity index (χ3n) is 5.40. The Labute approximate surface area is 190 Å². The summed E-state index contributed by atoms with van der Waals surface area (Å²) >= 11 is 6.40. The minimum atomic E-state index is -0.772. The number of benzene rings is 1. The fourth-order valence-corrected chi connectivity index (χ4v) is 4.08. The Bertz CT molecular complexity index is 1060. The summed E-state index contributed by atoms with van der Waals surface area (Å²) in [5, 5.41) is 3.50. The van der Waals surface area contributed by atoms with Gasteiger partial charge < -0.3 is 19.4 Å². The summed E-state index contributed by atoms with van der Waals surface area (Å²) in [4.78, 5) is 24.5.